The van der Waals surface area contributed by atoms with Crippen LogP contribution in [0.25, 0.3) is 0 Å². The molecule has 32 heavy (non-hydrogen) atoms. The highest BCUT2D eigenvalue weighted by molar-refractivity contribution is 7.89. The number of nitrogens with one attached hydrogen (secondary N) is 1. The number of piperidine rings is 1. The normalized spacial score (nSPS) is 17.9. The van der Waals surface area contributed by atoms with Crippen LogP contribution < -0.4 is 19.5 Å². The van der Waals surface area contributed by atoms with E-state index in [1.807, 2.05) is 31.2 Å². The molecule has 0 saturated carbocycles. The maximum atomic E-state index is 13.2. The third kappa shape index (κ3) is 5.16. The van der Waals surface area contributed by atoms with Crippen LogP contribution in [0.5, 0.6) is 17.2 Å². The minimum atomic E-state index is -3.77. The Morgan fingerprint density at radius 1 is 1.03 bits per heavy atom. The number of carbonyl (C=O) groups excluding carboxylic acids is 1. The van der Waals surface area contributed by atoms with E-state index in [2.05, 4.69) is 5.32 Å². The Bertz CT molecular complexity index is 1040. The summed E-state index contributed by atoms with van der Waals surface area (Å²) in [6.45, 7) is 2.41. The van der Waals surface area contributed by atoms with E-state index in [9.17, 15) is 13.2 Å². The SMILES string of the molecule is COc1ccc([C@H](C)NC(=O)[C@H]2CCCN(S(=O)(=O)c3ccc(OC)c(OC)c3)C2)cc1. The zero-order valence-electron chi connectivity index (χ0n) is 18.8. The molecule has 8 nitrogen and oxygen atoms in total. The van der Waals surface area contributed by atoms with Crippen molar-refractivity contribution in [1.82, 2.24) is 9.62 Å². The molecule has 1 aliphatic heterocycles. The maximum Gasteiger partial charge on any atom is 0.243 e. The van der Waals surface area contributed by atoms with E-state index < -0.39 is 15.9 Å². The summed E-state index contributed by atoms with van der Waals surface area (Å²) < 4.78 is 43.4. The van der Waals surface area contributed by atoms with Gasteiger partial charge in [-0.1, -0.05) is 12.1 Å². The van der Waals surface area contributed by atoms with Crippen molar-refractivity contribution in [2.45, 2.75) is 30.7 Å². The van der Waals surface area contributed by atoms with E-state index in [1.165, 1.54) is 30.7 Å². The first kappa shape index (κ1) is 23.9. The van der Waals surface area contributed by atoms with Gasteiger partial charge in [-0.25, -0.2) is 8.42 Å². The van der Waals surface area contributed by atoms with E-state index in [4.69, 9.17) is 14.2 Å². The van der Waals surface area contributed by atoms with Gasteiger partial charge in [-0.05, 0) is 49.6 Å². The minimum Gasteiger partial charge on any atom is -0.497 e. The second kappa shape index (κ2) is 10.2. The van der Waals surface area contributed by atoms with Gasteiger partial charge < -0.3 is 19.5 Å². The Hall–Kier alpha value is -2.78. The smallest absolute Gasteiger partial charge is 0.243 e. The molecular weight excluding hydrogens is 432 g/mol. The van der Waals surface area contributed by atoms with Crippen LogP contribution in [0.15, 0.2) is 47.4 Å². The largest absolute Gasteiger partial charge is 0.497 e. The standard InChI is InChI=1S/C23H30N2O6S/c1-16(17-7-9-19(29-2)10-8-17)24-23(26)18-6-5-13-25(15-18)32(27,28)20-11-12-21(30-3)22(14-20)31-4/h7-12,14,16,18H,5-6,13,15H2,1-4H3,(H,24,26)/t16-,18-/m0/s1. The Morgan fingerprint density at radius 3 is 2.34 bits per heavy atom. The van der Waals surface area contributed by atoms with Crippen LogP contribution >= 0.6 is 0 Å². The van der Waals surface area contributed by atoms with E-state index in [0.717, 1.165) is 11.3 Å². The molecule has 9 heteroatoms. The lowest BCUT2D eigenvalue weighted by atomic mass is 9.98. The summed E-state index contributed by atoms with van der Waals surface area (Å²) in [5.74, 6) is 0.971. The molecule has 0 unspecified atom stereocenters. The fraction of sp³-hybridized carbons (Fsp3) is 0.435. The fourth-order valence-corrected chi connectivity index (χ4v) is 5.35. The van der Waals surface area contributed by atoms with Crippen molar-refractivity contribution in [3.8, 4) is 17.2 Å². The molecule has 0 aliphatic carbocycles. The number of methoxy groups -OCH3 is 3. The first-order chi connectivity index (χ1) is 15.3. The minimum absolute atomic E-state index is 0.114. The summed E-state index contributed by atoms with van der Waals surface area (Å²) >= 11 is 0. The summed E-state index contributed by atoms with van der Waals surface area (Å²) in [5.41, 5.74) is 0.949. The van der Waals surface area contributed by atoms with Gasteiger partial charge in [0.25, 0.3) is 0 Å². The number of rotatable bonds is 8. The van der Waals surface area contributed by atoms with Crippen molar-refractivity contribution >= 4 is 15.9 Å². The van der Waals surface area contributed by atoms with Crippen LogP contribution in [-0.4, -0.2) is 53.0 Å². The van der Waals surface area contributed by atoms with Crippen LogP contribution in [0.2, 0.25) is 0 Å². The summed E-state index contributed by atoms with van der Waals surface area (Å²) in [6, 6.07) is 11.8. The lowest BCUT2D eigenvalue weighted by Crippen LogP contribution is -2.45. The van der Waals surface area contributed by atoms with Gasteiger partial charge in [0.1, 0.15) is 5.75 Å². The fourth-order valence-electron chi connectivity index (χ4n) is 3.81. The van der Waals surface area contributed by atoms with Crippen molar-refractivity contribution in [2.24, 2.45) is 5.92 Å². The van der Waals surface area contributed by atoms with Crippen LogP contribution in [-0.2, 0) is 14.8 Å². The molecule has 1 saturated heterocycles. The lowest BCUT2D eigenvalue weighted by Gasteiger charge is -2.32. The van der Waals surface area contributed by atoms with Crippen molar-refractivity contribution in [1.29, 1.82) is 0 Å². The Labute approximate surface area is 189 Å². The third-order valence-electron chi connectivity index (χ3n) is 5.72. The van der Waals surface area contributed by atoms with Crippen LogP contribution in [0.1, 0.15) is 31.4 Å². The average Bonchev–Trinajstić information content (AvgIpc) is 2.83. The van der Waals surface area contributed by atoms with Crippen molar-refractivity contribution in [2.75, 3.05) is 34.4 Å². The van der Waals surface area contributed by atoms with Gasteiger partial charge in [-0.2, -0.15) is 4.31 Å². The zero-order chi connectivity index (χ0) is 23.3. The number of benzene rings is 2. The lowest BCUT2D eigenvalue weighted by molar-refractivity contribution is -0.126. The number of ether oxygens (including phenoxy) is 3. The first-order valence-electron chi connectivity index (χ1n) is 10.5. The van der Waals surface area contributed by atoms with E-state index >= 15 is 0 Å². The van der Waals surface area contributed by atoms with Crippen molar-refractivity contribution in [3.05, 3.63) is 48.0 Å². The summed E-state index contributed by atoms with van der Waals surface area (Å²) in [5, 5.41) is 3.01. The highest BCUT2D eigenvalue weighted by Crippen LogP contribution is 2.32. The number of sulfonamides is 1. The molecule has 1 aliphatic rings. The second-order valence-electron chi connectivity index (χ2n) is 7.72. The van der Waals surface area contributed by atoms with E-state index in [0.29, 0.717) is 30.9 Å². The predicted octanol–water partition coefficient (Wildman–Crippen LogP) is 2.99. The van der Waals surface area contributed by atoms with Gasteiger partial charge >= 0.3 is 0 Å². The first-order valence-corrected chi connectivity index (χ1v) is 11.9. The zero-order valence-corrected chi connectivity index (χ0v) is 19.6. The molecule has 3 rings (SSSR count). The second-order valence-corrected chi connectivity index (χ2v) is 9.66. The van der Waals surface area contributed by atoms with E-state index in [1.54, 1.807) is 13.2 Å². The van der Waals surface area contributed by atoms with Crippen molar-refractivity contribution in [3.63, 3.8) is 0 Å². The van der Waals surface area contributed by atoms with Gasteiger partial charge in [-0.3, -0.25) is 4.79 Å². The molecule has 0 radical (unpaired) electrons. The highest BCUT2D eigenvalue weighted by Gasteiger charge is 2.34. The molecule has 0 aromatic heterocycles. The molecule has 2 aromatic rings. The van der Waals surface area contributed by atoms with Crippen molar-refractivity contribution < 1.29 is 27.4 Å². The topological polar surface area (TPSA) is 94.2 Å². The number of hydrogen-bond acceptors (Lipinski definition) is 6. The quantitative estimate of drug-likeness (QED) is 0.648. The molecule has 2 aromatic carbocycles. The molecule has 1 fully saturated rings. The molecular formula is C23H30N2O6S. The molecule has 0 spiro atoms. The molecule has 1 N–H and O–H groups in total. The highest BCUT2D eigenvalue weighted by atomic mass is 32.2. The Kier molecular flexibility index (Phi) is 7.63. The van der Waals surface area contributed by atoms with Gasteiger partial charge in [-0.15, -0.1) is 0 Å². The Morgan fingerprint density at radius 2 is 1.72 bits per heavy atom. The number of hydrogen-bond donors (Lipinski definition) is 1. The molecule has 174 valence electrons. The molecule has 0 bridgehead atoms. The predicted molar refractivity (Wildman–Crippen MR) is 121 cm³/mol. The summed E-state index contributed by atoms with van der Waals surface area (Å²) in [7, 11) is 0.783. The number of carbonyl (C=O) groups is 1. The maximum absolute atomic E-state index is 13.2. The Balaban J connectivity index is 1.70. The third-order valence-corrected chi connectivity index (χ3v) is 7.58. The van der Waals surface area contributed by atoms with Crippen LogP contribution in [0.4, 0.5) is 0 Å². The number of nitrogens with zero attached hydrogens (tertiary/aromatic N) is 1. The van der Waals surface area contributed by atoms with Crippen LogP contribution in [0.3, 0.4) is 0 Å². The molecule has 2 atom stereocenters. The van der Waals surface area contributed by atoms with Gasteiger partial charge in [0, 0.05) is 19.2 Å². The van der Waals surface area contributed by atoms with Gasteiger partial charge in [0.05, 0.1) is 38.2 Å². The van der Waals surface area contributed by atoms with E-state index in [-0.39, 0.29) is 23.4 Å². The van der Waals surface area contributed by atoms with Gasteiger partial charge in [0.15, 0.2) is 11.5 Å². The monoisotopic (exact) mass is 462 g/mol. The van der Waals surface area contributed by atoms with Gasteiger partial charge in [0.2, 0.25) is 15.9 Å². The number of amides is 1. The average molecular weight is 463 g/mol. The van der Waals surface area contributed by atoms with Crippen LogP contribution in [0, 0.1) is 5.92 Å². The molecule has 1 heterocycles. The molecule has 1 amide bonds. The summed E-state index contributed by atoms with van der Waals surface area (Å²) in [4.78, 5) is 13.0. The summed E-state index contributed by atoms with van der Waals surface area (Å²) in [6.07, 6.45) is 1.25.